The van der Waals surface area contributed by atoms with Crippen LogP contribution in [0.15, 0.2) is 35.2 Å². The molecule has 2 aromatic rings. The first-order chi connectivity index (χ1) is 13.1. The zero-order valence-electron chi connectivity index (χ0n) is 15.1. The fraction of sp³-hybridized carbons (Fsp3) is 0.389. The van der Waals surface area contributed by atoms with Crippen molar-refractivity contribution >= 4 is 33.4 Å². The van der Waals surface area contributed by atoms with E-state index in [9.17, 15) is 9.59 Å². The standard InChI is InChI=1S/C18H20N2O6S/c1-3-24-12-6-5-7-14-16(12)20(10-15(21)25-4-2)18(27-14)19-17(22)13-11-23-8-9-26-13/h5-7,11H,3-4,8-10H2,1-2H3. The van der Waals surface area contributed by atoms with Crippen LogP contribution in [-0.2, 0) is 30.3 Å². The molecule has 0 unspecified atom stereocenters. The highest BCUT2D eigenvalue weighted by Crippen LogP contribution is 2.27. The summed E-state index contributed by atoms with van der Waals surface area (Å²) in [5, 5.41) is 0. The van der Waals surface area contributed by atoms with E-state index in [0.29, 0.717) is 29.3 Å². The predicted octanol–water partition coefficient (Wildman–Crippen LogP) is 1.98. The Morgan fingerprint density at radius 2 is 2.11 bits per heavy atom. The van der Waals surface area contributed by atoms with Crippen molar-refractivity contribution in [3.05, 3.63) is 35.0 Å². The summed E-state index contributed by atoms with van der Waals surface area (Å²) >= 11 is 1.28. The Labute approximate surface area is 159 Å². The van der Waals surface area contributed by atoms with Gasteiger partial charge in [-0.25, -0.2) is 0 Å². The summed E-state index contributed by atoms with van der Waals surface area (Å²) < 4.78 is 23.6. The molecule has 0 saturated heterocycles. The highest BCUT2D eigenvalue weighted by atomic mass is 32.1. The lowest BCUT2D eigenvalue weighted by Crippen LogP contribution is -2.24. The second-order valence-electron chi connectivity index (χ2n) is 5.43. The van der Waals surface area contributed by atoms with Crippen molar-refractivity contribution < 1.29 is 28.5 Å². The number of carbonyl (C=O) groups excluding carboxylic acids is 2. The quantitative estimate of drug-likeness (QED) is 0.699. The van der Waals surface area contributed by atoms with Crippen LogP contribution in [0.2, 0.25) is 0 Å². The van der Waals surface area contributed by atoms with Crippen LogP contribution >= 0.6 is 11.3 Å². The molecule has 1 aromatic heterocycles. The Morgan fingerprint density at radius 1 is 1.26 bits per heavy atom. The molecule has 144 valence electrons. The van der Waals surface area contributed by atoms with Crippen LogP contribution in [0.4, 0.5) is 0 Å². The molecule has 9 heteroatoms. The largest absolute Gasteiger partial charge is 0.494 e. The van der Waals surface area contributed by atoms with Gasteiger partial charge in [0.05, 0.1) is 17.9 Å². The third-order valence-electron chi connectivity index (χ3n) is 3.61. The zero-order chi connectivity index (χ0) is 19.2. The number of rotatable bonds is 6. The Kier molecular flexibility index (Phi) is 6.12. The van der Waals surface area contributed by atoms with E-state index in [2.05, 4.69) is 4.99 Å². The molecule has 0 atom stereocenters. The van der Waals surface area contributed by atoms with Crippen LogP contribution in [0.5, 0.6) is 5.75 Å². The second kappa shape index (κ2) is 8.72. The Hall–Kier alpha value is -2.81. The summed E-state index contributed by atoms with van der Waals surface area (Å²) in [5.41, 5.74) is 0.693. The molecule has 0 aliphatic carbocycles. The van der Waals surface area contributed by atoms with Crippen molar-refractivity contribution in [2.75, 3.05) is 26.4 Å². The second-order valence-corrected chi connectivity index (χ2v) is 6.44. The Bertz CT molecular complexity index is 943. The molecule has 0 fully saturated rings. The van der Waals surface area contributed by atoms with Gasteiger partial charge in [-0.05, 0) is 26.0 Å². The topological polar surface area (TPSA) is 88.4 Å². The summed E-state index contributed by atoms with van der Waals surface area (Å²) in [4.78, 5) is 29.0. The van der Waals surface area contributed by atoms with Gasteiger partial charge in [0, 0.05) is 0 Å². The van der Waals surface area contributed by atoms with Crippen molar-refractivity contribution in [2.24, 2.45) is 4.99 Å². The van der Waals surface area contributed by atoms with Crippen molar-refractivity contribution in [2.45, 2.75) is 20.4 Å². The molecule has 0 radical (unpaired) electrons. The molecule has 27 heavy (non-hydrogen) atoms. The first-order valence-corrected chi connectivity index (χ1v) is 9.40. The summed E-state index contributed by atoms with van der Waals surface area (Å²) in [6, 6.07) is 5.55. The SMILES string of the molecule is CCOC(=O)Cn1c(=NC(=O)C2=COCCO2)sc2cccc(OCC)c21. The number of hydrogen-bond donors (Lipinski definition) is 0. The van der Waals surface area contributed by atoms with Gasteiger partial charge >= 0.3 is 11.9 Å². The first-order valence-electron chi connectivity index (χ1n) is 8.58. The number of thiazole rings is 1. The Morgan fingerprint density at radius 3 is 2.81 bits per heavy atom. The number of carbonyl (C=O) groups is 2. The summed E-state index contributed by atoms with van der Waals surface area (Å²) in [6.07, 6.45) is 1.25. The van der Waals surface area contributed by atoms with Gasteiger partial charge in [0.25, 0.3) is 0 Å². The Balaban J connectivity index is 2.11. The van der Waals surface area contributed by atoms with E-state index >= 15 is 0 Å². The molecular weight excluding hydrogens is 372 g/mol. The summed E-state index contributed by atoms with van der Waals surface area (Å²) in [5.74, 6) is -0.349. The number of nitrogens with zero attached hydrogens (tertiary/aromatic N) is 2. The van der Waals surface area contributed by atoms with E-state index in [4.69, 9.17) is 18.9 Å². The molecule has 8 nitrogen and oxygen atoms in total. The average Bonchev–Trinajstić information content (AvgIpc) is 3.01. The zero-order valence-corrected chi connectivity index (χ0v) is 15.9. The third kappa shape index (κ3) is 4.30. The molecule has 0 spiro atoms. The molecule has 0 saturated carbocycles. The number of hydrogen-bond acceptors (Lipinski definition) is 7. The van der Waals surface area contributed by atoms with Gasteiger partial charge in [-0.3, -0.25) is 9.59 Å². The fourth-order valence-corrected chi connectivity index (χ4v) is 3.61. The monoisotopic (exact) mass is 392 g/mol. The van der Waals surface area contributed by atoms with E-state index in [1.54, 1.807) is 11.5 Å². The van der Waals surface area contributed by atoms with Crippen molar-refractivity contribution in [1.82, 2.24) is 4.57 Å². The molecule has 1 aliphatic heterocycles. The van der Waals surface area contributed by atoms with E-state index in [0.717, 1.165) is 4.70 Å². The predicted molar refractivity (Wildman–Crippen MR) is 98.2 cm³/mol. The number of ether oxygens (including phenoxy) is 4. The van der Waals surface area contributed by atoms with Crippen LogP contribution in [0, 0.1) is 0 Å². The van der Waals surface area contributed by atoms with Gasteiger partial charge in [0.2, 0.25) is 5.76 Å². The number of fused-ring (bicyclic) bond motifs is 1. The minimum Gasteiger partial charge on any atom is -0.494 e. The molecule has 1 amide bonds. The molecule has 1 aliphatic rings. The van der Waals surface area contributed by atoms with E-state index < -0.39 is 11.9 Å². The normalized spacial score (nSPS) is 14.3. The van der Waals surface area contributed by atoms with Gasteiger partial charge in [0.15, 0.2) is 4.80 Å². The van der Waals surface area contributed by atoms with Crippen molar-refractivity contribution in [3.63, 3.8) is 0 Å². The number of para-hydroxylation sites is 1. The number of esters is 1. The van der Waals surface area contributed by atoms with Crippen LogP contribution in [0.25, 0.3) is 10.2 Å². The minimum absolute atomic E-state index is 0.0337. The number of amides is 1. The maximum absolute atomic E-state index is 12.4. The summed E-state index contributed by atoms with van der Waals surface area (Å²) in [6.45, 7) is 4.95. The molecule has 0 bridgehead atoms. The number of aromatic nitrogens is 1. The van der Waals surface area contributed by atoms with Gasteiger partial charge in [0.1, 0.15) is 37.3 Å². The molecule has 3 rings (SSSR count). The van der Waals surface area contributed by atoms with E-state index in [1.165, 1.54) is 17.6 Å². The lowest BCUT2D eigenvalue weighted by atomic mass is 10.3. The van der Waals surface area contributed by atoms with E-state index in [1.807, 2.05) is 25.1 Å². The van der Waals surface area contributed by atoms with Crippen LogP contribution in [-0.4, -0.2) is 42.9 Å². The highest BCUT2D eigenvalue weighted by molar-refractivity contribution is 7.16. The van der Waals surface area contributed by atoms with Crippen LogP contribution < -0.4 is 9.54 Å². The van der Waals surface area contributed by atoms with Gasteiger partial charge in [-0.15, -0.1) is 0 Å². The van der Waals surface area contributed by atoms with Gasteiger partial charge in [-0.1, -0.05) is 17.4 Å². The molecule has 1 aromatic carbocycles. The lowest BCUT2D eigenvalue weighted by Gasteiger charge is -2.12. The van der Waals surface area contributed by atoms with Crippen molar-refractivity contribution in [3.8, 4) is 5.75 Å². The molecular formula is C18H20N2O6S. The van der Waals surface area contributed by atoms with E-state index in [-0.39, 0.29) is 25.5 Å². The van der Waals surface area contributed by atoms with Gasteiger partial charge < -0.3 is 23.5 Å². The van der Waals surface area contributed by atoms with Crippen LogP contribution in [0.3, 0.4) is 0 Å². The smallest absolute Gasteiger partial charge is 0.326 e. The lowest BCUT2D eigenvalue weighted by molar-refractivity contribution is -0.143. The maximum atomic E-state index is 12.4. The fourth-order valence-electron chi connectivity index (χ4n) is 2.56. The molecule has 0 N–H and O–H groups in total. The van der Waals surface area contributed by atoms with Crippen LogP contribution in [0.1, 0.15) is 13.8 Å². The highest BCUT2D eigenvalue weighted by Gasteiger charge is 2.18. The van der Waals surface area contributed by atoms with Crippen molar-refractivity contribution in [1.29, 1.82) is 0 Å². The third-order valence-corrected chi connectivity index (χ3v) is 4.66. The average molecular weight is 392 g/mol. The summed E-state index contributed by atoms with van der Waals surface area (Å²) in [7, 11) is 0. The first kappa shape index (κ1) is 19.0. The maximum Gasteiger partial charge on any atom is 0.326 e. The number of benzene rings is 1. The van der Waals surface area contributed by atoms with Gasteiger partial charge in [-0.2, -0.15) is 4.99 Å². The minimum atomic E-state index is -0.572. The molecule has 2 heterocycles.